The molecule has 0 atom stereocenters. The number of benzene rings is 1. The van der Waals surface area contributed by atoms with Crippen LogP contribution in [0, 0.1) is 0 Å². The molecule has 0 aliphatic rings. The van der Waals surface area contributed by atoms with Crippen LogP contribution in [0.3, 0.4) is 0 Å². The van der Waals surface area contributed by atoms with Gasteiger partial charge in [0.15, 0.2) is 5.78 Å². The number of carbonyl (C=O) groups is 2. The average molecular weight is 341 g/mol. The minimum Gasteiger partial charge on any atom is -0.366 e. The molecule has 1 amide bonds. The van der Waals surface area contributed by atoms with E-state index in [0.717, 1.165) is 11.3 Å². The van der Waals surface area contributed by atoms with Crippen molar-refractivity contribution < 1.29 is 9.59 Å². The Morgan fingerprint density at radius 3 is 2.46 bits per heavy atom. The Kier molecular flexibility index (Phi) is 6.94. The smallest absolute Gasteiger partial charge is 0.245 e. The molecule has 2 rings (SSSR count). The first-order valence-electron chi connectivity index (χ1n) is 8.26. The van der Waals surface area contributed by atoms with Gasteiger partial charge in [0.1, 0.15) is 0 Å². The van der Waals surface area contributed by atoms with Crippen LogP contribution in [0.25, 0.3) is 6.08 Å². The molecule has 126 valence electrons. The van der Waals surface area contributed by atoms with Gasteiger partial charge in [-0.3, -0.25) is 9.59 Å². The number of thiophene rings is 1. The van der Waals surface area contributed by atoms with Crippen LogP contribution in [-0.2, 0) is 11.2 Å². The number of carbonyl (C=O) groups excluding carboxylic acids is 2. The predicted molar refractivity (Wildman–Crippen MR) is 100 cm³/mol. The molecule has 3 nitrogen and oxygen atoms in total. The van der Waals surface area contributed by atoms with Crippen molar-refractivity contribution in [2.75, 3.05) is 0 Å². The minimum absolute atomic E-state index is 0.0302. The lowest BCUT2D eigenvalue weighted by molar-refractivity contribution is -0.114. The first kappa shape index (κ1) is 18.1. The Morgan fingerprint density at radius 2 is 1.88 bits per heavy atom. The number of ketones is 1. The van der Waals surface area contributed by atoms with Crippen LogP contribution in [0.4, 0.5) is 0 Å². The zero-order chi connectivity index (χ0) is 17.4. The maximum absolute atomic E-state index is 12.4. The molecule has 0 fully saturated rings. The first-order chi connectivity index (χ1) is 11.6. The highest BCUT2D eigenvalue weighted by Crippen LogP contribution is 2.18. The zero-order valence-corrected chi connectivity index (χ0v) is 14.8. The second kappa shape index (κ2) is 9.18. The highest BCUT2D eigenvalue weighted by atomic mass is 32.1. The van der Waals surface area contributed by atoms with Gasteiger partial charge < -0.3 is 5.73 Å². The van der Waals surface area contributed by atoms with E-state index in [9.17, 15) is 9.59 Å². The molecule has 0 saturated carbocycles. The van der Waals surface area contributed by atoms with Crippen molar-refractivity contribution in [1.29, 1.82) is 0 Å². The second-order valence-corrected chi connectivity index (χ2v) is 6.78. The summed E-state index contributed by atoms with van der Waals surface area (Å²) in [5.41, 5.74) is 7.62. The first-order valence-corrected chi connectivity index (χ1v) is 9.14. The normalized spacial score (nSPS) is 11.5. The van der Waals surface area contributed by atoms with Gasteiger partial charge in [-0.25, -0.2) is 0 Å². The van der Waals surface area contributed by atoms with Gasteiger partial charge in [-0.15, -0.1) is 11.3 Å². The van der Waals surface area contributed by atoms with Crippen molar-refractivity contribution in [1.82, 2.24) is 0 Å². The standard InChI is InChI=1S/C20H23NO2S/c1-2-3-4-6-15-8-10-16(11-9-15)19(22)14-17(20(21)23)13-18-7-5-12-24-18/h5,7-13H,2-4,6,14H2,1H3,(H2,21,23)/b17-13-. The van der Waals surface area contributed by atoms with Gasteiger partial charge in [-0.05, 0) is 35.9 Å². The molecular formula is C20H23NO2S. The topological polar surface area (TPSA) is 60.2 Å². The molecule has 4 heteroatoms. The molecule has 0 aliphatic heterocycles. The number of amides is 1. The lowest BCUT2D eigenvalue weighted by Gasteiger charge is -2.05. The summed E-state index contributed by atoms with van der Waals surface area (Å²) in [6, 6.07) is 11.5. The summed E-state index contributed by atoms with van der Waals surface area (Å²) in [6.07, 6.45) is 6.35. The molecule has 24 heavy (non-hydrogen) atoms. The van der Waals surface area contributed by atoms with Crippen molar-refractivity contribution in [3.8, 4) is 0 Å². The van der Waals surface area contributed by atoms with Crippen LogP contribution >= 0.6 is 11.3 Å². The van der Waals surface area contributed by atoms with Gasteiger partial charge in [-0.2, -0.15) is 0 Å². The molecular weight excluding hydrogens is 318 g/mol. The number of unbranched alkanes of at least 4 members (excludes halogenated alkanes) is 2. The van der Waals surface area contributed by atoms with Crippen molar-refractivity contribution in [3.05, 3.63) is 63.4 Å². The lowest BCUT2D eigenvalue weighted by atomic mass is 9.99. The number of aryl methyl sites for hydroxylation is 1. The molecule has 0 unspecified atom stereocenters. The number of primary amides is 1. The van der Waals surface area contributed by atoms with Gasteiger partial charge in [-0.1, -0.05) is 50.1 Å². The maximum atomic E-state index is 12.4. The van der Waals surface area contributed by atoms with Crippen LogP contribution in [0.2, 0.25) is 0 Å². The lowest BCUT2D eigenvalue weighted by Crippen LogP contribution is -2.16. The second-order valence-electron chi connectivity index (χ2n) is 5.80. The summed E-state index contributed by atoms with van der Waals surface area (Å²) in [6.45, 7) is 2.18. The van der Waals surface area contributed by atoms with Crippen molar-refractivity contribution in [2.24, 2.45) is 5.73 Å². The van der Waals surface area contributed by atoms with E-state index in [0.29, 0.717) is 11.1 Å². The fourth-order valence-electron chi connectivity index (χ4n) is 2.47. The number of hydrogen-bond acceptors (Lipinski definition) is 3. The maximum Gasteiger partial charge on any atom is 0.245 e. The number of rotatable bonds is 9. The Bertz CT molecular complexity index is 700. The molecule has 1 aromatic heterocycles. The van der Waals surface area contributed by atoms with E-state index in [4.69, 9.17) is 5.73 Å². The van der Waals surface area contributed by atoms with E-state index < -0.39 is 5.91 Å². The van der Waals surface area contributed by atoms with Gasteiger partial charge in [0, 0.05) is 22.4 Å². The molecule has 0 bridgehead atoms. The van der Waals surface area contributed by atoms with E-state index in [-0.39, 0.29) is 12.2 Å². The molecule has 0 saturated heterocycles. The fourth-order valence-corrected chi connectivity index (χ4v) is 3.15. The molecule has 1 aromatic carbocycles. The van der Waals surface area contributed by atoms with Gasteiger partial charge >= 0.3 is 0 Å². The number of Topliss-reactive ketones (excluding diaryl/α,β-unsaturated/α-hetero) is 1. The zero-order valence-electron chi connectivity index (χ0n) is 14.0. The average Bonchev–Trinajstić information content (AvgIpc) is 3.08. The van der Waals surface area contributed by atoms with Crippen LogP contribution in [0.5, 0.6) is 0 Å². The Morgan fingerprint density at radius 1 is 1.12 bits per heavy atom. The van der Waals surface area contributed by atoms with Crippen LogP contribution in [0.1, 0.15) is 53.4 Å². The highest BCUT2D eigenvalue weighted by molar-refractivity contribution is 7.10. The van der Waals surface area contributed by atoms with Gasteiger partial charge in [0.2, 0.25) is 5.91 Å². The largest absolute Gasteiger partial charge is 0.366 e. The Balaban J connectivity index is 2.03. The van der Waals surface area contributed by atoms with E-state index in [1.54, 1.807) is 6.08 Å². The fraction of sp³-hybridized carbons (Fsp3) is 0.300. The number of nitrogens with two attached hydrogens (primary N) is 1. The SMILES string of the molecule is CCCCCc1ccc(C(=O)C/C(=C/c2cccs2)C(N)=O)cc1. The summed E-state index contributed by atoms with van der Waals surface area (Å²) in [7, 11) is 0. The summed E-state index contributed by atoms with van der Waals surface area (Å²) in [5, 5.41) is 1.92. The molecule has 2 N–H and O–H groups in total. The molecule has 1 heterocycles. The molecule has 0 spiro atoms. The third kappa shape index (κ3) is 5.46. The summed E-state index contributed by atoms with van der Waals surface area (Å²) < 4.78 is 0. The quantitative estimate of drug-likeness (QED) is 0.411. The van der Waals surface area contributed by atoms with E-state index >= 15 is 0 Å². The van der Waals surface area contributed by atoms with Crippen molar-refractivity contribution in [3.63, 3.8) is 0 Å². The van der Waals surface area contributed by atoms with E-state index in [1.165, 1.54) is 36.2 Å². The van der Waals surface area contributed by atoms with Crippen molar-refractivity contribution >= 4 is 29.1 Å². The van der Waals surface area contributed by atoms with Crippen LogP contribution in [-0.4, -0.2) is 11.7 Å². The monoisotopic (exact) mass is 341 g/mol. The third-order valence-corrected chi connectivity index (χ3v) is 4.69. The van der Waals surface area contributed by atoms with E-state index in [1.807, 2.05) is 41.8 Å². The predicted octanol–water partition coefficient (Wildman–Crippen LogP) is 4.62. The van der Waals surface area contributed by atoms with Crippen LogP contribution < -0.4 is 5.73 Å². The molecule has 0 aliphatic carbocycles. The van der Waals surface area contributed by atoms with Crippen molar-refractivity contribution in [2.45, 2.75) is 39.0 Å². The Labute approximate surface area is 147 Å². The third-order valence-electron chi connectivity index (χ3n) is 3.87. The number of hydrogen-bond donors (Lipinski definition) is 1. The molecule has 2 aromatic rings. The van der Waals surface area contributed by atoms with Crippen LogP contribution in [0.15, 0.2) is 47.4 Å². The minimum atomic E-state index is -0.548. The highest BCUT2D eigenvalue weighted by Gasteiger charge is 2.13. The van der Waals surface area contributed by atoms with Gasteiger partial charge in [0.25, 0.3) is 0 Å². The van der Waals surface area contributed by atoms with E-state index in [2.05, 4.69) is 6.92 Å². The molecule has 0 radical (unpaired) electrons. The van der Waals surface area contributed by atoms with Gasteiger partial charge in [0.05, 0.1) is 0 Å². The summed E-state index contributed by atoms with van der Waals surface area (Å²) >= 11 is 1.51. The summed E-state index contributed by atoms with van der Waals surface area (Å²) in [4.78, 5) is 24.9. The Hall–Kier alpha value is -2.20. The summed E-state index contributed by atoms with van der Waals surface area (Å²) in [5.74, 6) is -0.635.